The molecule has 0 aliphatic carbocycles. The highest BCUT2D eigenvalue weighted by Gasteiger charge is 2.20. The van der Waals surface area contributed by atoms with Crippen molar-refractivity contribution < 1.29 is 13.9 Å². The second kappa shape index (κ2) is 6.34. The molecule has 6 nitrogen and oxygen atoms in total. The van der Waals surface area contributed by atoms with E-state index in [1.54, 1.807) is 20.9 Å². The van der Waals surface area contributed by atoms with E-state index in [-0.39, 0.29) is 11.7 Å². The zero-order valence-corrected chi connectivity index (χ0v) is 12.1. The molecule has 1 atom stereocenters. The van der Waals surface area contributed by atoms with Crippen molar-refractivity contribution in [2.45, 2.75) is 26.5 Å². The van der Waals surface area contributed by atoms with Gasteiger partial charge < -0.3 is 9.64 Å². The predicted molar refractivity (Wildman–Crippen MR) is 74.1 cm³/mol. The van der Waals surface area contributed by atoms with Crippen molar-refractivity contribution in [3.8, 4) is 5.75 Å². The molecule has 0 aliphatic heterocycles. The van der Waals surface area contributed by atoms with E-state index in [9.17, 15) is 9.18 Å². The number of carbonyl (C=O) groups excluding carboxylic acids is 1. The minimum atomic E-state index is -0.680. The molecule has 1 aromatic heterocycles. The number of aromatic nitrogens is 3. The fourth-order valence-electron chi connectivity index (χ4n) is 1.83. The summed E-state index contributed by atoms with van der Waals surface area (Å²) in [5.74, 6) is 1.12. The fraction of sp³-hybridized carbons (Fsp3) is 0.357. The van der Waals surface area contributed by atoms with Crippen molar-refractivity contribution in [1.82, 2.24) is 20.1 Å². The zero-order valence-electron chi connectivity index (χ0n) is 12.1. The van der Waals surface area contributed by atoms with E-state index >= 15 is 0 Å². The van der Waals surface area contributed by atoms with Crippen molar-refractivity contribution in [3.05, 3.63) is 41.7 Å². The summed E-state index contributed by atoms with van der Waals surface area (Å²) in [6.45, 7) is 3.73. The molecular formula is C14H17FN4O2. The Morgan fingerprint density at radius 1 is 1.43 bits per heavy atom. The Morgan fingerprint density at radius 2 is 2.10 bits per heavy atom. The SMILES string of the molecule is Cc1nc(CN(C)C(=O)C(C)Oc2ccc(F)cc2)n[nH]1. The summed E-state index contributed by atoms with van der Waals surface area (Å²) in [5, 5.41) is 6.70. The Bertz CT molecular complexity index is 612. The molecule has 1 unspecified atom stereocenters. The Balaban J connectivity index is 1.93. The number of carbonyl (C=O) groups is 1. The van der Waals surface area contributed by atoms with Crippen LogP contribution in [-0.4, -0.2) is 39.1 Å². The molecule has 0 fully saturated rings. The number of nitrogens with zero attached hydrogens (tertiary/aromatic N) is 3. The normalized spacial score (nSPS) is 12.0. The topological polar surface area (TPSA) is 71.1 Å². The number of hydrogen-bond donors (Lipinski definition) is 1. The van der Waals surface area contributed by atoms with E-state index < -0.39 is 6.10 Å². The Labute approximate surface area is 121 Å². The third kappa shape index (κ3) is 4.01. The maximum atomic E-state index is 12.8. The van der Waals surface area contributed by atoms with Gasteiger partial charge in [-0.05, 0) is 38.1 Å². The lowest BCUT2D eigenvalue weighted by molar-refractivity contribution is -0.137. The molecule has 1 N–H and O–H groups in total. The van der Waals surface area contributed by atoms with E-state index in [1.807, 2.05) is 0 Å². The Kier molecular flexibility index (Phi) is 4.52. The summed E-state index contributed by atoms with van der Waals surface area (Å²) in [6, 6.07) is 5.54. The van der Waals surface area contributed by atoms with Gasteiger partial charge in [0, 0.05) is 7.05 Å². The number of rotatable bonds is 5. The van der Waals surface area contributed by atoms with Gasteiger partial charge in [-0.1, -0.05) is 0 Å². The summed E-state index contributed by atoms with van der Waals surface area (Å²) in [4.78, 5) is 17.8. The number of hydrogen-bond acceptors (Lipinski definition) is 4. The van der Waals surface area contributed by atoms with Gasteiger partial charge in [-0.3, -0.25) is 9.89 Å². The van der Waals surface area contributed by atoms with E-state index in [1.165, 1.54) is 29.2 Å². The molecule has 0 radical (unpaired) electrons. The maximum absolute atomic E-state index is 12.8. The van der Waals surface area contributed by atoms with Crippen LogP contribution in [0.2, 0.25) is 0 Å². The first-order valence-corrected chi connectivity index (χ1v) is 6.51. The van der Waals surface area contributed by atoms with Crippen LogP contribution in [0.5, 0.6) is 5.75 Å². The highest BCUT2D eigenvalue weighted by molar-refractivity contribution is 5.80. The van der Waals surface area contributed by atoms with E-state index in [4.69, 9.17) is 4.74 Å². The van der Waals surface area contributed by atoms with E-state index in [2.05, 4.69) is 15.2 Å². The number of ether oxygens (including phenoxy) is 1. The third-order valence-corrected chi connectivity index (χ3v) is 2.87. The first-order chi connectivity index (χ1) is 9.95. The number of H-pyrrole nitrogens is 1. The average Bonchev–Trinajstić information content (AvgIpc) is 2.85. The number of benzene rings is 1. The van der Waals surface area contributed by atoms with Crippen LogP contribution in [0.15, 0.2) is 24.3 Å². The van der Waals surface area contributed by atoms with Crippen LogP contribution in [-0.2, 0) is 11.3 Å². The quantitative estimate of drug-likeness (QED) is 0.910. The van der Waals surface area contributed by atoms with Gasteiger partial charge in [0.1, 0.15) is 17.4 Å². The summed E-state index contributed by atoms with van der Waals surface area (Å²) >= 11 is 0. The standard InChI is InChI=1S/C14H17FN4O2/c1-9(21-12-6-4-11(15)5-7-12)14(20)19(3)8-13-16-10(2)17-18-13/h4-7,9H,8H2,1-3H3,(H,16,17,18). The van der Waals surface area contributed by atoms with Crippen LogP contribution < -0.4 is 4.74 Å². The van der Waals surface area contributed by atoms with Crippen molar-refractivity contribution in [3.63, 3.8) is 0 Å². The van der Waals surface area contributed by atoms with Crippen LogP contribution in [0.25, 0.3) is 0 Å². The van der Waals surface area contributed by atoms with Crippen molar-refractivity contribution in [2.24, 2.45) is 0 Å². The molecule has 0 saturated carbocycles. The van der Waals surface area contributed by atoms with Gasteiger partial charge in [0.05, 0.1) is 6.54 Å². The Morgan fingerprint density at radius 3 is 2.67 bits per heavy atom. The van der Waals surface area contributed by atoms with Gasteiger partial charge in [-0.25, -0.2) is 9.37 Å². The molecule has 0 saturated heterocycles. The number of aryl methyl sites for hydroxylation is 1. The predicted octanol–water partition coefficient (Wildman–Crippen LogP) is 1.68. The fourth-order valence-corrected chi connectivity index (χ4v) is 1.83. The molecule has 2 aromatic rings. The summed E-state index contributed by atoms with van der Waals surface area (Å²) in [6.07, 6.45) is -0.680. The molecule has 1 amide bonds. The molecule has 0 bridgehead atoms. The van der Waals surface area contributed by atoms with Gasteiger partial charge in [-0.15, -0.1) is 0 Å². The second-order valence-corrected chi connectivity index (χ2v) is 4.75. The summed E-state index contributed by atoms with van der Waals surface area (Å²) < 4.78 is 18.3. The van der Waals surface area contributed by atoms with E-state index in [0.717, 1.165) is 0 Å². The number of likely N-dealkylation sites (N-methyl/N-ethyl adjacent to an activating group) is 1. The highest BCUT2D eigenvalue weighted by atomic mass is 19.1. The molecule has 2 rings (SSSR count). The number of amides is 1. The van der Waals surface area contributed by atoms with Crippen LogP contribution in [0.3, 0.4) is 0 Å². The summed E-state index contributed by atoms with van der Waals surface area (Å²) in [7, 11) is 1.65. The second-order valence-electron chi connectivity index (χ2n) is 4.75. The highest BCUT2D eigenvalue weighted by Crippen LogP contribution is 2.14. The molecule has 112 valence electrons. The molecule has 21 heavy (non-hydrogen) atoms. The van der Waals surface area contributed by atoms with Crippen LogP contribution in [0.4, 0.5) is 4.39 Å². The first-order valence-electron chi connectivity index (χ1n) is 6.51. The maximum Gasteiger partial charge on any atom is 0.263 e. The van der Waals surface area contributed by atoms with Gasteiger partial charge >= 0.3 is 0 Å². The van der Waals surface area contributed by atoms with Gasteiger partial charge in [0.15, 0.2) is 11.9 Å². The van der Waals surface area contributed by atoms with Crippen LogP contribution >= 0.6 is 0 Å². The molecule has 0 aliphatic rings. The summed E-state index contributed by atoms with van der Waals surface area (Å²) in [5.41, 5.74) is 0. The first kappa shape index (κ1) is 15.0. The molecule has 1 aromatic carbocycles. The van der Waals surface area contributed by atoms with Crippen molar-refractivity contribution in [1.29, 1.82) is 0 Å². The van der Waals surface area contributed by atoms with E-state index in [0.29, 0.717) is 23.9 Å². The third-order valence-electron chi connectivity index (χ3n) is 2.87. The minimum Gasteiger partial charge on any atom is -0.481 e. The Hall–Kier alpha value is -2.44. The van der Waals surface area contributed by atoms with Crippen molar-refractivity contribution >= 4 is 5.91 Å². The lowest BCUT2D eigenvalue weighted by atomic mass is 10.3. The lowest BCUT2D eigenvalue weighted by Gasteiger charge is -2.21. The average molecular weight is 292 g/mol. The van der Waals surface area contributed by atoms with Gasteiger partial charge in [0.2, 0.25) is 0 Å². The number of nitrogens with one attached hydrogen (secondary N) is 1. The number of aromatic amines is 1. The van der Waals surface area contributed by atoms with Crippen molar-refractivity contribution in [2.75, 3.05) is 7.05 Å². The number of halogens is 1. The van der Waals surface area contributed by atoms with Crippen LogP contribution in [0, 0.1) is 12.7 Å². The zero-order chi connectivity index (χ0) is 15.4. The molecule has 0 spiro atoms. The molecule has 1 heterocycles. The lowest BCUT2D eigenvalue weighted by Crippen LogP contribution is -2.37. The van der Waals surface area contributed by atoms with Gasteiger partial charge in [-0.2, -0.15) is 5.10 Å². The monoisotopic (exact) mass is 292 g/mol. The largest absolute Gasteiger partial charge is 0.481 e. The van der Waals surface area contributed by atoms with Crippen LogP contribution in [0.1, 0.15) is 18.6 Å². The minimum absolute atomic E-state index is 0.207. The molecular weight excluding hydrogens is 275 g/mol. The smallest absolute Gasteiger partial charge is 0.263 e. The van der Waals surface area contributed by atoms with Gasteiger partial charge in [0.25, 0.3) is 5.91 Å². The molecule has 7 heteroatoms.